The van der Waals surface area contributed by atoms with Crippen LogP contribution in [0.5, 0.6) is 0 Å². The summed E-state index contributed by atoms with van der Waals surface area (Å²) in [5.41, 5.74) is 4.02. The van der Waals surface area contributed by atoms with Crippen LogP contribution < -0.4 is 5.32 Å². The summed E-state index contributed by atoms with van der Waals surface area (Å²) < 4.78 is 0. The van der Waals surface area contributed by atoms with E-state index < -0.39 is 0 Å². The van der Waals surface area contributed by atoms with Crippen molar-refractivity contribution in [2.24, 2.45) is 0 Å². The molecule has 82 valence electrons. The Bertz CT molecular complexity index is 356. The summed E-state index contributed by atoms with van der Waals surface area (Å²) in [5.74, 6) is 0. The Morgan fingerprint density at radius 2 is 2.27 bits per heavy atom. The van der Waals surface area contributed by atoms with E-state index in [1.165, 1.54) is 29.8 Å². The van der Waals surface area contributed by atoms with E-state index in [0.717, 1.165) is 13.0 Å². The van der Waals surface area contributed by atoms with Crippen LogP contribution in [0.4, 0.5) is 5.69 Å². The fourth-order valence-electron chi connectivity index (χ4n) is 2.10. The number of nitrogens with zero attached hydrogens (tertiary/aromatic N) is 1. The van der Waals surface area contributed by atoms with Gasteiger partial charge in [-0.15, -0.1) is 0 Å². The van der Waals surface area contributed by atoms with Crippen molar-refractivity contribution in [3.8, 4) is 0 Å². The molecular formula is C13H20N2. The third kappa shape index (κ3) is 1.99. The van der Waals surface area contributed by atoms with Crippen molar-refractivity contribution in [2.75, 3.05) is 11.9 Å². The summed E-state index contributed by atoms with van der Waals surface area (Å²) >= 11 is 0. The number of aryl methyl sites for hydroxylation is 1. The second-order valence-electron chi connectivity index (χ2n) is 5.08. The third-order valence-electron chi connectivity index (χ3n) is 3.13. The molecule has 0 unspecified atom stereocenters. The predicted molar refractivity (Wildman–Crippen MR) is 64.4 cm³/mol. The molecule has 2 nitrogen and oxygen atoms in total. The molecule has 0 saturated carbocycles. The second-order valence-corrected chi connectivity index (χ2v) is 5.08. The van der Waals surface area contributed by atoms with Crippen molar-refractivity contribution in [3.63, 3.8) is 0 Å². The number of rotatable bonds is 3. The summed E-state index contributed by atoms with van der Waals surface area (Å²) in [5, 5.41) is 3.44. The third-order valence-corrected chi connectivity index (χ3v) is 3.13. The Labute approximate surface area is 92.1 Å². The first kappa shape index (κ1) is 10.5. The van der Waals surface area contributed by atoms with Crippen molar-refractivity contribution >= 4 is 5.69 Å². The van der Waals surface area contributed by atoms with Crippen LogP contribution in [0.15, 0.2) is 12.3 Å². The van der Waals surface area contributed by atoms with Gasteiger partial charge >= 0.3 is 0 Å². The summed E-state index contributed by atoms with van der Waals surface area (Å²) in [6.07, 6.45) is 5.70. The van der Waals surface area contributed by atoms with Crippen molar-refractivity contribution < 1.29 is 0 Å². The number of nitrogens with one attached hydrogen (secondary N) is 1. The van der Waals surface area contributed by atoms with Gasteiger partial charge < -0.3 is 5.32 Å². The molecule has 2 heteroatoms. The topological polar surface area (TPSA) is 24.9 Å². The molecule has 1 aromatic heterocycles. The zero-order valence-corrected chi connectivity index (χ0v) is 9.93. The highest BCUT2D eigenvalue weighted by molar-refractivity contribution is 5.57. The van der Waals surface area contributed by atoms with Crippen LogP contribution in [0.3, 0.4) is 0 Å². The van der Waals surface area contributed by atoms with Gasteiger partial charge in [0.15, 0.2) is 0 Å². The normalized spacial score (nSPS) is 17.3. The molecule has 0 aliphatic carbocycles. The number of aromatic nitrogens is 1. The van der Waals surface area contributed by atoms with Gasteiger partial charge in [-0.25, -0.2) is 0 Å². The smallest absolute Gasteiger partial charge is 0.0708 e. The summed E-state index contributed by atoms with van der Waals surface area (Å²) in [6, 6.07) is 2.27. The maximum atomic E-state index is 4.60. The molecule has 0 bridgehead atoms. The molecule has 2 heterocycles. The number of hydrogen-bond donors (Lipinski definition) is 1. The van der Waals surface area contributed by atoms with Gasteiger partial charge in [0.25, 0.3) is 0 Å². The highest BCUT2D eigenvalue weighted by Gasteiger charge is 2.31. The van der Waals surface area contributed by atoms with Crippen molar-refractivity contribution in [1.29, 1.82) is 0 Å². The van der Waals surface area contributed by atoms with E-state index in [9.17, 15) is 0 Å². The molecule has 1 aliphatic heterocycles. The van der Waals surface area contributed by atoms with Gasteiger partial charge in [0, 0.05) is 18.2 Å². The van der Waals surface area contributed by atoms with Gasteiger partial charge in [-0.2, -0.15) is 0 Å². The van der Waals surface area contributed by atoms with Crippen LogP contribution in [0, 0.1) is 0 Å². The maximum absolute atomic E-state index is 4.60. The Hall–Kier alpha value is -1.05. The molecule has 0 saturated heterocycles. The molecular weight excluding hydrogens is 184 g/mol. The highest BCUT2D eigenvalue weighted by atomic mass is 15.0. The number of pyridine rings is 1. The van der Waals surface area contributed by atoms with Crippen LogP contribution >= 0.6 is 0 Å². The molecule has 0 atom stereocenters. The van der Waals surface area contributed by atoms with E-state index >= 15 is 0 Å². The second kappa shape index (κ2) is 3.84. The van der Waals surface area contributed by atoms with Crippen LogP contribution in [-0.2, 0) is 11.8 Å². The lowest BCUT2D eigenvalue weighted by Crippen LogP contribution is -2.19. The molecule has 0 amide bonds. The van der Waals surface area contributed by atoms with Crippen LogP contribution in [0.25, 0.3) is 0 Å². The Morgan fingerprint density at radius 1 is 1.47 bits per heavy atom. The van der Waals surface area contributed by atoms with Gasteiger partial charge in [-0.3, -0.25) is 4.98 Å². The molecule has 0 radical (unpaired) electrons. The first-order chi connectivity index (χ1) is 7.13. The molecule has 0 aromatic carbocycles. The largest absolute Gasteiger partial charge is 0.383 e. The van der Waals surface area contributed by atoms with Crippen molar-refractivity contribution in [3.05, 3.63) is 23.5 Å². The van der Waals surface area contributed by atoms with E-state index in [4.69, 9.17) is 0 Å². The minimum absolute atomic E-state index is 0.193. The Balaban J connectivity index is 2.22. The van der Waals surface area contributed by atoms with E-state index in [1.807, 2.05) is 6.20 Å². The molecule has 15 heavy (non-hydrogen) atoms. The first-order valence-electron chi connectivity index (χ1n) is 5.87. The summed E-state index contributed by atoms with van der Waals surface area (Å²) in [6.45, 7) is 7.71. The average molecular weight is 204 g/mol. The number of fused-ring (bicyclic) bond motifs is 1. The molecule has 1 aliphatic rings. The number of unbranched alkanes of at least 4 members (excludes halogenated alkanes) is 1. The van der Waals surface area contributed by atoms with Crippen molar-refractivity contribution in [2.45, 2.75) is 45.4 Å². The first-order valence-corrected chi connectivity index (χ1v) is 5.87. The standard InChI is InChI=1S/C13H20N2/c1-4-5-6-10-7-11-12(14-8-10)13(2,3)9-15-11/h7-8,15H,4-6,9H2,1-3H3. The highest BCUT2D eigenvalue weighted by Crippen LogP contribution is 2.34. The molecule has 0 fully saturated rings. The van der Waals surface area contributed by atoms with E-state index in [2.05, 4.69) is 37.1 Å². The van der Waals surface area contributed by atoms with Crippen LogP contribution in [0.2, 0.25) is 0 Å². The Morgan fingerprint density at radius 3 is 3.00 bits per heavy atom. The molecule has 2 rings (SSSR count). The minimum atomic E-state index is 0.193. The predicted octanol–water partition coefficient (Wildman–Crippen LogP) is 3.13. The molecule has 1 aromatic rings. The molecule has 0 spiro atoms. The zero-order valence-electron chi connectivity index (χ0n) is 9.93. The van der Waals surface area contributed by atoms with Gasteiger partial charge in [-0.05, 0) is 24.5 Å². The molecule has 1 N–H and O–H groups in total. The quantitative estimate of drug-likeness (QED) is 0.818. The summed E-state index contributed by atoms with van der Waals surface area (Å²) in [4.78, 5) is 4.60. The number of hydrogen-bond acceptors (Lipinski definition) is 2. The van der Waals surface area contributed by atoms with Gasteiger partial charge in [0.2, 0.25) is 0 Å². The lowest BCUT2D eigenvalue weighted by molar-refractivity contribution is 0.568. The van der Waals surface area contributed by atoms with Gasteiger partial charge in [0.1, 0.15) is 0 Å². The minimum Gasteiger partial charge on any atom is -0.383 e. The Kier molecular flexibility index (Phi) is 2.68. The summed E-state index contributed by atoms with van der Waals surface area (Å²) in [7, 11) is 0. The SMILES string of the molecule is CCCCc1cnc2c(c1)NCC2(C)C. The fraction of sp³-hybridized carbons (Fsp3) is 0.615. The maximum Gasteiger partial charge on any atom is 0.0708 e. The lowest BCUT2D eigenvalue weighted by atomic mass is 9.91. The van der Waals surface area contributed by atoms with Crippen LogP contribution in [-0.4, -0.2) is 11.5 Å². The van der Waals surface area contributed by atoms with E-state index in [0.29, 0.717) is 0 Å². The van der Waals surface area contributed by atoms with Gasteiger partial charge in [0.05, 0.1) is 11.4 Å². The van der Waals surface area contributed by atoms with E-state index in [1.54, 1.807) is 0 Å². The monoisotopic (exact) mass is 204 g/mol. The average Bonchev–Trinajstić information content (AvgIpc) is 2.52. The van der Waals surface area contributed by atoms with Gasteiger partial charge in [-0.1, -0.05) is 27.2 Å². The van der Waals surface area contributed by atoms with Crippen molar-refractivity contribution in [1.82, 2.24) is 4.98 Å². The lowest BCUT2D eigenvalue weighted by Gasteiger charge is -2.15. The zero-order chi connectivity index (χ0) is 10.9. The van der Waals surface area contributed by atoms with Crippen LogP contribution in [0.1, 0.15) is 44.9 Å². The fourth-order valence-corrected chi connectivity index (χ4v) is 2.10. The number of anilines is 1. The van der Waals surface area contributed by atoms with E-state index in [-0.39, 0.29) is 5.41 Å².